The average molecular weight is 272 g/mol. The molecule has 1 unspecified atom stereocenters. The van der Waals surface area contributed by atoms with Crippen LogP contribution in [0.1, 0.15) is 19.4 Å². The maximum absolute atomic E-state index is 12.3. The Kier molecular flexibility index (Phi) is 4.20. The summed E-state index contributed by atoms with van der Waals surface area (Å²) in [5, 5.41) is 0. The van der Waals surface area contributed by atoms with Crippen LogP contribution < -0.4 is 0 Å². The molecule has 1 aliphatic rings. The fourth-order valence-electron chi connectivity index (χ4n) is 1.62. The molecule has 0 bridgehead atoms. The minimum absolute atomic E-state index is 0.252. The van der Waals surface area contributed by atoms with E-state index in [0.717, 1.165) is 5.56 Å². The monoisotopic (exact) mass is 272 g/mol. The van der Waals surface area contributed by atoms with Crippen LogP contribution in [-0.2, 0) is 28.7 Å². The number of benzene rings is 1. The quantitative estimate of drug-likeness (QED) is 0.564. The van der Waals surface area contributed by atoms with Crippen molar-refractivity contribution >= 4 is 7.82 Å². The lowest BCUT2D eigenvalue weighted by molar-refractivity contribution is 0.00705. The van der Waals surface area contributed by atoms with Gasteiger partial charge in [0.25, 0.3) is 0 Å². The maximum Gasteiger partial charge on any atom is 0.477 e. The molecule has 1 aromatic rings. The van der Waals surface area contributed by atoms with Crippen LogP contribution in [0.2, 0.25) is 0 Å². The molecule has 0 radical (unpaired) electrons. The van der Waals surface area contributed by atoms with Crippen LogP contribution in [0.15, 0.2) is 30.3 Å². The standard InChI is InChI=1S/C12H17O5P/c1-3-15-18(13,16-4-2)17-12(10-14-12)11-8-6-5-7-9-11/h5-9H,3-4,10H2,1-2H3. The Hall–Kier alpha value is -0.710. The molecule has 0 spiro atoms. The van der Waals surface area contributed by atoms with Gasteiger partial charge in [0, 0.05) is 5.56 Å². The van der Waals surface area contributed by atoms with Crippen LogP contribution >= 0.6 is 7.82 Å². The van der Waals surface area contributed by atoms with Crippen molar-refractivity contribution < 1.29 is 22.9 Å². The van der Waals surface area contributed by atoms with Crippen LogP contribution in [0.5, 0.6) is 0 Å². The van der Waals surface area contributed by atoms with Crippen molar-refractivity contribution in [2.24, 2.45) is 0 Å². The van der Waals surface area contributed by atoms with Gasteiger partial charge in [0.2, 0.25) is 5.79 Å². The highest BCUT2D eigenvalue weighted by Gasteiger charge is 2.54. The molecule has 1 atom stereocenters. The summed E-state index contributed by atoms with van der Waals surface area (Å²) < 4.78 is 33.3. The van der Waals surface area contributed by atoms with Crippen molar-refractivity contribution in [3.63, 3.8) is 0 Å². The van der Waals surface area contributed by atoms with E-state index in [4.69, 9.17) is 18.3 Å². The number of phosphoric acid groups is 1. The first-order chi connectivity index (χ1) is 8.64. The van der Waals surface area contributed by atoms with Gasteiger partial charge in [-0.05, 0) is 13.8 Å². The van der Waals surface area contributed by atoms with Crippen molar-refractivity contribution in [1.82, 2.24) is 0 Å². The predicted octanol–water partition coefficient (Wildman–Crippen LogP) is 3.07. The normalized spacial score (nSPS) is 23.0. The zero-order chi connectivity index (χ0) is 13.1. The lowest BCUT2D eigenvalue weighted by atomic mass is 10.1. The summed E-state index contributed by atoms with van der Waals surface area (Å²) >= 11 is 0. The Bertz CT molecular complexity index is 419. The molecule has 0 amide bonds. The van der Waals surface area contributed by atoms with E-state index in [0.29, 0.717) is 6.61 Å². The second-order valence-corrected chi connectivity index (χ2v) is 5.38. The topological polar surface area (TPSA) is 57.3 Å². The van der Waals surface area contributed by atoms with E-state index in [9.17, 15) is 4.57 Å². The number of phosphoric ester groups is 1. The third kappa shape index (κ3) is 2.99. The second-order valence-electron chi connectivity index (χ2n) is 3.78. The minimum Gasteiger partial charge on any atom is -0.338 e. The smallest absolute Gasteiger partial charge is 0.338 e. The minimum atomic E-state index is -3.57. The molecule has 1 fully saturated rings. The van der Waals surface area contributed by atoms with Gasteiger partial charge in [-0.1, -0.05) is 30.3 Å². The molecule has 5 nitrogen and oxygen atoms in total. The molecule has 6 heteroatoms. The van der Waals surface area contributed by atoms with Gasteiger partial charge in [-0.3, -0.25) is 9.05 Å². The van der Waals surface area contributed by atoms with Gasteiger partial charge in [0.1, 0.15) is 6.61 Å². The molecular weight excluding hydrogens is 255 g/mol. The number of epoxide rings is 1. The third-order valence-corrected chi connectivity index (χ3v) is 4.12. The van der Waals surface area contributed by atoms with Crippen LogP contribution in [-0.4, -0.2) is 19.8 Å². The first-order valence-corrected chi connectivity index (χ1v) is 7.39. The lowest BCUT2D eigenvalue weighted by Gasteiger charge is -2.20. The van der Waals surface area contributed by atoms with Crippen LogP contribution in [0.25, 0.3) is 0 Å². The number of rotatable bonds is 7. The van der Waals surface area contributed by atoms with Crippen molar-refractivity contribution in [3.05, 3.63) is 35.9 Å². The van der Waals surface area contributed by atoms with Gasteiger partial charge in [-0.25, -0.2) is 9.09 Å². The summed E-state index contributed by atoms with van der Waals surface area (Å²) in [4.78, 5) is 0. The highest BCUT2D eigenvalue weighted by atomic mass is 31.2. The SMILES string of the molecule is CCOP(=O)(OCC)OC1(c2ccccc2)CO1. The van der Waals surface area contributed by atoms with Gasteiger partial charge in [-0.2, -0.15) is 0 Å². The maximum atomic E-state index is 12.3. The summed E-state index contributed by atoms with van der Waals surface area (Å²) in [7, 11) is -3.57. The highest BCUT2D eigenvalue weighted by molar-refractivity contribution is 7.48. The molecule has 1 aliphatic heterocycles. The Morgan fingerprint density at radius 3 is 2.22 bits per heavy atom. The summed E-state index contributed by atoms with van der Waals surface area (Å²) in [6, 6.07) is 9.34. The van der Waals surface area contributed by atoms with E-state index < -0.39 is 13.6 Å². The van der Waals surface area contributed by atoms with Gasteiger partial charge in [0.15, 0.2) is 0 Å². The highest BCUT2D eigenvalue weighted by Crippen LogP contribution is 2.58. The van der Waals surface area contributed by atoms with Crippen LogP contribution in [0, 0.1) is 0 Å². The molecule has 1 saturated heterocycles. The van der Waals surface area contributed by atoms with E-state index in [2.05, 4.69) is 0 Å². The first-order valence-electron chi connectivity index (χ1n) is 5.93. The number of ether oxygens (including phenoxy) is 1. The molecular formula is C12H17O5P. The van der Waals surface area contributed by atoms with Crippen molar-refractivity contribution in [1.29, 1.82) is 0 Å². The Morgan fingerprint density at radius 1 is 1.22 bits per heavy atom. The lowest BCUT2D eigenvalue weighted by Crippen LogP contribution is -2.14. The van der Waals surface area contributed by atoms with E-state index in [1.165, 1.54) is 0 Å². The van der Waals surface area contributed by atoms with Crippen molar-refractivity contribution in [3.8, 4) is 0 Å². The largest absolute Gasteiger partial charge is 0.477 e. The number of hydrogen-bond donors (Lipinski definition) is 0. The van der Waals surface area contributed by atoms with E-state index in [1.807, 2.05) is 30.3 Å². The Morgan fingerprint density at radius 2 is 1.78 bits per heavy atom. The van der Waals surface area contributed by atoms with Crippen molar-refractivity contribution in [2.45, 2.75) is 19.6 Å². The molecule has 2 rings (SSSR count). The average Bonchev–Trinajstić information content (AvgIpc) is 3.11. The van der Waals surface area contributed by atoms with Gasteiger partial charge in [0.05, 0.1) is 13.2 Å². The number of hydrogen-bond acceptors (Lipinski definition) is 5. The van der Waals surface area contributed by atoms with Gasteiger partial charge < -0.3 is 4.74 Å². The van der Waals surface area contributed by atoms with Crippen molar-refractivity contribution in [2.75, 3.05) is 19.8 Å². The molecule has 1 aromatic carbocycles. The van der Waals surface area contributed by atoms with E-state index in [1.54, 1.807) is 13.8 Å². The molecule has 18 heavy (non-hydrogen) atoms. The molecule has 1 heterocycles. The fourth-order valence-corrected chi connectivity index (χ4v) is 3.00. The van der Waals surface area contributed by atoms with Gasteiger partial charge >= 0.3 is 7.82 Å². The van der Waals surface area contributed by atoms with E-state index >= 15 is 0 Å². The van der Waals surface area contributed by atoms with Gasteiger partial charge in [-0.15, -0.1) is 0 Å². The molecule has 0 aromatic heterocycles. The summed E-state index contributed by atoms with van der Waals surface area (Å²) in [5.74, 6) is -0.985. The summed E-state index contributed by atoms with van der Waals surface area (Å²) in [5.41, 5.74) is 0.810. The molecule has 0 aliphatic carbocycles. The second kappa shape index (κ2) is 5.51. The third-order valence-electron chi connectivity index (χ3n) is 2.45. The van der Waals surface area contributed by atoms with Crippen LogP contribution in [0.4, 0.5) is 0 Å². The first kappa shape index (κ1) is 13.7. The molecule has 0 saturated carbocycles. The summed E-state index contributed by atoms with van der Waals surface area (Å²) in [6.45, 7) is 4.32. The summed E-state index contributed by atoms with van der Waals surface area (Å²) in [6.07, 6.45) is 0. The van der Waals surface area contributed by atoms with Crippen LogP contribution in [0.3, 0.4) is 0 Å². The molecule has 100 valence electrons. The zero-order valence-corrected chi connectivity index (χ0v) is 11.4. The zero-order valence-electron chi connectivity index (χ0n) is 10.5. The van der Waals surface area contributed by atoms with E-state index in [-0.39, 0.29) is 13.2 Å². The predicted molar refractivity (Wildman–Crippen MR) is 66.0 cm³/mol. The Labute approximate surface area is 107 Å². The molecule has 0 N–H and O–H groups in total. The Balaban J connectivity index is 2.14. The fraction of sp³-hybridized carbons (Fsp3) is 0.500.